The van der Waals surface area contributed by atoms with E-state index < -0.39 is 6.04 Å². The molecule has 2 amide bonds. The van der Waals surface area contributed by atoms with Gasteiger partial charge in [-0.3, -0.25) is 9.59 Å². The number of rotatable bonds is 3. The average Bonchev–Trinajstić information content (AvgIpc) is 3.19. The molecule has 1 heterocycles. The molecule has 100 valence electrons. The zero-order chi connectivity index (χ0) is 13.9. The summed E-state index contributed by atoms with van der Waals surface area (Å²) in [4.78, 5) is 26.2. The Kier molecular flexibility index (Phi) is 3.26. The molecule has 0 bridgehead atoms. The fourth-order valence-electron chi connectivity index (χ4n) is 2.52. The Hall–Kier alpha value is -2.54. The number of carbonyl (C=O) groups is 2. The van der Waals surface area contributed by atoms with Crippen molar-refractivity contribution in [3.8, 4) is 0 Å². The van der Waals surface area contributed by atoms with Crippen LogP contribution in [0, 0.1) is 0 Å². The Balaban J connectivity index is 1.72. The Bertz CT molecular complexity index is 654. The highest BCUT2D eigenvalue weighted by Gasteiger charge is 2.35. The van der Waals surface area contributed by atoms with E-state index in [9.17, 15) is 9.59 Å². The molecule has 0 radical (unpaired) electrons. The maximum Gasteiger partial charge on any atom is 0.262 e. The van der Waals surface area contributed by atoms with Gasteiger partial charge < -0.3 is 10.2 Å². The molecule has 1 aliphatic heterocycles. The van der Waals surface area contributed by atoms with E-state index in [4.69, 9.17) is 0 Å². The summed E-state index contributed by atoms with van der Waals surface area (Å²) in [6.07, 6.45) is 12.1. The average molecular weight is 266 g/mol. The van der Waals surface area contributed by atoms with Crippen LogP contribution in [0.5, 0.6) is 0 Å². The molecular formula is C16H14N2O2. The number of nitrogens with zero attached hydrogens (tertiary/aromatic N) is 1. The van der Waals surface area contributed by atoms with Crippen LogP contribution in [-0.2, 0) is 9.59 Å². The van der Waals surface area contributed by atoms with Gasteiger partial charge in [-0.2, -0.15) is 0 Å². The summed E-state index contributed by atoms with van der Waals surface area (Å²) in [6.45, 7) is 0.612. The molecular weight excluding hydrogens is 252 g/mol. The second-order valence-electron chi connectivity index (χ2n) is 4.81. The van der Waals surface area contributed by atoms with Gasteiger partial charge in [0.05, 0.1) is 11.3 Å². The molecule has 0 saturated carbocycles. The second-order valence-corrected chi connectivity index (χ2v) is 4.81. The zero-order valence-electron chi connectivity index (χ0n) is 10.9. The summed E-state index contributed by atoms with van der Waals surface area (Å²) >= 11 is 0. The maximum atomic E-state index is 12.3. The van der Waals surface area contributed by atoms with Crippen LogP contribution in [-0.4, -0.2) is 29.3 Å². The minimum atomic E-state index is -0.408. The van der Waals surface area contributed by atoms with Crippen molar-refractivity contribution in [3.63, 3.8) is 0 Å². The van der Waals surface area contributed by atoms with Crippen molar-refractivity contribution in [2.75, 3.05) is 6.54 Å². The van der Waals surface area contributed by atoms with Gasteiger partial charge in [-0.1, -0.05) is 17.9 Å². The lowest BCUT2D eigenvalue weighted by Crippen LogP contribution is -2.45. The molecule has 1 atom stereocenters. The van der Waals surface area contributed by atoms with Gasteiger partial charge in [0.1, 0.15) is 6.04 Å². The third-order valence-electron chi connectivity index (χ3n) is 3.50. The van der Waals surface area contributed by atoms with Crippen molar-refractivity contribution in [3.05, 3.63) is 59.2 Å². The zero-order valence-corrected chi connectivity index (χ0v) is 10.9. The smallest absolute Gasteiger partial charge is 0.262 e. The number of likely N-dealkylation sites (tertiary alicyclic amines) is 1. The van der Waals surface area contributed by atoms with Crippen LogP contribution in [0.15, 0.2) is 59.2 Å². The molecule has 0 aromatic heterocycles. The number of amides is 2. The van der Waals surface area contributed by atoms with Gasteiger partial charge >= 0.3 is 0 Å². The third-order valence-corrected chi connectivity index (χ3v) is 3.50. The van der Waals surface area contributed by atoms with Crippen LogP contribution < -0.4 is 5.32 Å². The first-order valence-electron chi connectivity index (χ1n) is 6.64. The van der Waals surface area contributed by atoms with Gasteiger partial charge in [0.2, 0.25) is 5.91 Å². The minimum Gasteiger partial charge on any atom is -0.326 e. The van der Waals surface area contributed by atoms with E-state index in [1.54, 1.807) is 35.3 Å². The molecule has 1 N–H and O–H groups in total. The first kappa shape index (κ1) is 12.5. The van der Waals surface area contributed by atoms with Gasteiger partial charge in [0.25, 0.3) is 5.91 Å². The lowest BCUT2D eigenvalue weighted by Gasteiger charge is -2.23. The molecule has 0 unspecified atom stereocenters. The van der Waals surface area contributed by atoms with Gasteiger partial charge in [-0.05, 0) is 37.1 Å². The lowest BCUT2D eigenvalue weighted by molar-refractivity contribution is -0.135. The summed E-state index contributed by atoms with van der Waals surface area (Å²) in [5, 5.41) is 2.80. The number of allylic oxidation sites excluding steroid dienone is 3. The van der Waals surface area contributed by atoms with Gasteiger partial charge in [0, 0.05) is 6.54 Å². The fourth-order valence-corrected chi connectivity index (χ4v) is 2.52. The summed E-state index contributed by atoms with van der Waals surface area (Å²) in [5.41, 5.74) is 6.98. The Labute approximate surface area is 117 Å². The topological polar surface area (TPSA) is 49.4 Å². The van der Waals surface area contributed by atoms with Crippen molar-refractivity contribution in [1.82, 2.24) is 10.2 Å². The maximum absolute atomic E-state index is 12.3. The SMILES string of the molecule is O=C(NC1=C=CC=C1)[C@@H]1CCCN1C(=O)C1=C=CC=C1. The van der Waals surface area contributed by atoms with E-state index in [2.05, 4.69) is 16.8 Å². The van der Waals surface area contributed by atoms with Crippen molar-refractivity contribution >= 4 is 11.8 Å². The summed E-state index contributed by atoms with van der Waals surface area (Å²) < 4.78 is 0. The van der Waals surface area contributed by atoms with Gasteiger partial charge in [-0.25, -0.2) is 0 Å². The highest BCUT2D eigenvalue weighted by atomic mass is 16.2. The molecule has 0 aromatic carbocycles. The van der Waals surface area contributed by atoms with E-state index in [0.29, 0.717) is 24.2 Å². The molecule has 1 saturated heterocycles. The fraction of sp³-hybridized carbons (Fsp3) is 0.250. The number of nitrogens with one attached hydrogen (secondary N) is 1. The van der Waals surface area contributed by atoms with Crippen molar-refractivity contribution < 1.29 is 9.59 Å². The second kappa shape index (κ2) is 5.22. The van der Waals surface area contributed by atoms with Crippen LogP contribution in [0.1, 0.15) is 12.8 Å². The van der Waals surface area contributed by atoms with Crippen molar-refractivity contribution in [2.24, 2.45) is 0 Å². The Morgan fingerprint density at radius 3 is 2.70 bits per heavy atom. The third kappa shape index (κ3) is 2.30. The van der Waals surface area contributed by atoms with Crippen LogP contribution in [0.4, 0.5) is 0 Å². The number of carbonyl (C=O) groups excluding carboxylic acids is 2. The molecule has 20 heavy (non-hydrogen) atoms. The van der Waals surface area contributed by atoms with Crippen molar-refractivity contribution in [1.29, 1.82) is 0 Å². The molecule has 0 spiro atoms. The van der Waals surface area contributed by atoms with Crippen LogP contribution in [0.3, 0.4) is 0 Å². The molecule has 1 fully saturated rings. The van der Waals surface area contributed by atoms with E-state index in [-0.39, 0.29) is 11.8 Å². The normalized spacial score (nSPS) is 22.4. The van der Waals surface area contributed by atoms with E-state index in [1.165, 1.54) is 0 Å². The Morgan fingerprint density at radius 1 is 1.20 bits per heavy atom. The highest BCUT2D eigenvalue weighted by Crippen LogP contribution is 2.21. The standard InChI is InChI=1S/C16H14N2O2/c19-15(17-13-8-3-4-9-13)14-10-5-11-18(14)16(20)12-6-1-2-7-12/h1-4,6,8,14H,5,10-11H2,(H,17,19)/t14-/m0/s1. The monoisotopic (exact) mass is 266 g/mol. The first-order chi connectivity index (χ1) is 9.75. The van der Waals surface area contributed by atoms with E-state index in [1.807, 2.05) is 6.08 Å². The summed E-state index contributed by atoms with van der Waals surface area (Å²) in [5.74, 6) is -0.274. The summed E-state index contributed by atoms with van der Waals surface area (Å²) in [6, 6.07) is -0.408. The van der Waals surface area contributed by atoms with Crippen LogP contribution in [0.2, 0.25) is 0 Å². The molecule has 3 aliphatic rings. The largest absolute Gasteiger partial charge is 0.326 e. The molecule has 3 rings (SSSR count). The molecule has 0 aromatic rings. The highest BCUT2D eigenvalue weighted by molar-refractivity contribution is 6.00. The van der Waals surface area contributed by atoms with E-state index >= 15 is 0 Å². The number of hydrogen-bond acceptors (Lipinski definition) is 2. The molecule has 2 aliphatic carbocycles. The van der Waals surface area contributed by atoms with Crippen LogP contribution in [0.25, 0.3) is 0 Å². The number of hydrogen-bond donors (Lipinski definition) is 1. The predicted octanol–water partition coefficient (Wildman–Crippen LogP) is 1.35. The van der Waals surface area contributed by atoms with Crippen LogP contribution >= 0.6 is 0 Å². The summed E-state index contributed by atoms with van der Waals surface area (Å²) in [7, 11) is 0. The predicted molar refractivity (Wildman–Crippen MR) is 74.3 cm³/mol. The molecule has 4 nitrogen and oxygen atoms in total. The Morgan fingerprint density at radius 2 is 2.00 bits per heavy atom. The van der Waals surface area contributed by atoms with Gasteiger partial charge in [-0.15, -0.1) is 5.73 Å². The van der Waals surface area contributed by atoms with E-state index in [0.717, 1.165) is 6.42 Å². The quantitative estimate of drug-likeness (QED) is 0.784. The van der Waals surface area contributed by atoms with Crippen molar-refractivity contribution in [2.45, 2.75) is 18.9 Å². The lowest BCUT2D eigenvalue weighted by atomic mass is 10.2. The molecule has 4 heteroatoms. The van der Waals surface area contributed by atoms with Gasteiger partial charge in [0.15, 0.2) is 0 Å². The minimum absolute atomic E-state index is 0.126. The first-order valence-corrected chi connectivity index (χ1v) is 6.64.